The van der Waals surface area contributed by atoms with E-state index in [1.807, 2.05) is 26.0 Å². The quantitative estimate of drug-likeness (QED) is 0.348. The maximum atomic E-state index is 13.0. The molecule has 6 heteroatoms. The van der Waals surface area contributed by atoms with Crippen molar-refractivity contribution in [2.24, 2.45) is 35.5 Å². The maximum Gasteiger partial charge on any atom is 0.233 e. The summed E-state index contributed by atoms with van der Waals surface area (Å²) >= 11 is 3.51. The fourth-order valence-electron chi connectivity index (χ4n) is 6.11. The highest BCUT2D eigenvalue weighted by molar-refractivity contribution is 9.10. The number of likely N-dealkylation sites (tertiary alicyclic amines) is 1. The third-order valence-corrected chi connectivity index (χ3v) is 8.89. The number of nitrogens with one attached hydrogen (secondary N) is 1. The number of unbranched alkanes of at least 4 members (excludes halogenated alkanes) is 2. The standard InChI is InChI=1S/C25H29BrN2O3/c1-13-14(2)20(10-9-19(13)26)27-21(29)6-4-3-5-11-28-24(30)22-15-7-8-16(18-12-17(15)18)23(22)25(28)31/h7-10,15-18,22-23H,3-6,11-12H2,1-2H3,(H,27,29). The Bertz CT molecular complexity index is 951. The molecule has 164 valence electrons. The van der Waals surface area contributed by atoms with Crippen LogP contribution in [0.2, 0.25) is 0 Å². The zero-order valence-electron chi connectivity index (χ0n) is 18.1. The van der Waals surface area contributed by atoms with Gasteiger partial charge in [0.05, 0.1) is 11.8 Å². The van der Waals surface area contributed by atoms with Crippen LogP contribution in [-0.4, -0.2) is 29.2 Å². The zero-order chi connectivity index (χ0) is 21.9. The van der Waals surface area contributed by atoms with E-state index in [2.05, 4.69) is 33.4 Å². The van der Waals surface area contributed by atoms with Gasteiger partial charge in [0.25, 0.3) is 0 Å². The first-order chi connectivity index (χ1) is 14.9. The third-order valence-electron chi connectivity index (χ3n) is 8.03. The van der Waals surface area contributed by atoms with Crippen LogP contribution in [0, 0.1) is 49.4 Å². The number of hydrogen-bond donors (Lipinski definition) is 1. The number of carbonyl (C=O) groups excluding carboxylic acids is 3. The molecule has 1 aromatic rings. The number of imide groups is 1. The van der Waals surface area contributed by atoms with E-state index in [0.717, 1.165) is 40.5 Å². The first kappa shape index (κ1) is 20.9. The Morgan fingerprint density at radius 2 is 1.65 bits per heavy atom. The fourth-order valence-corrected chi connectivity index (χ4v) is 6.54. The Balaban J connectivity index is 1.08. The van der Waals surface area contributed by atoms with Gasteiger partial charge in [0.1, 0.15) is 0 Å². The van der Waals surface area contributed by atoms with Crippen LogP contribution in [0.1, 0.15) is 43.2 Å². The van der Waals surface area contributed by atoms with E-state index in [1.54, 1.807) is 0 Å². The second-order valence-electron chi connectivity index (χ2n) is 9.69. The number of hydrogen-bond acceptors (Lipinski definition) is 3. The predicted octanol–water partition coefficient (Wildman–Crippen LogP) is 4.62. The number of amides is 3. The van der Waals surface area contributed by atoms with Gasteiger partial charge >= 0.3 is 0 Å². The van der Waals surface area contributed by atoms with E-state index in [-0.39, 0.29) is 41.4 Å². The van der Waals surface area contributed by atoms with Gasteiger partial charge in [0, 0.05) is 23.1 Å². The number of halogens is 1. The first-order valence-corrected chi connectivity index (χ1v) is 12.3. The van der Waals surface area contributed by atoms with Crippen molar-refractivity contribution in [1.82, 2.24) is 4.90 Å². The molecule has 3 amide bonds. The lowest BCUT2D eigenvalue weighted by Gasteiger charge is -2.37. The van der Waals surface area contributed by atoms with E-state index in [4.69, 9.17) is 0 Å². The van der Waals surface area contributed by atoms with Gasteiger partial charge in [-0.05, 0) is 80.0 Å². The molecule has 3 fully saturated rings. The number of nitrogens with zero attached hydrogens (tertiary/aromatic N) is 1. The minimum Gasteiger partial charge on any atom is -0.326 e. The molecular weight excluding hydrogens is 456 g/mol. The van der Waals surface area contributed by atoms with Crippen LogP contribution in [0.3, 0.4) is 0 Å². The number of benzene rings is 1. The minimum atomic E-state index is -0.102. The highest BCUT2D eigenvalue weighted by Gasteiger charge is 2.66. The van der Waals surface area contributed by atoms with E-state index in [1.165, 1.54) is 11.3 Å². The predicted molar refractivity (Wildman–Crippen MR) is 122 cm³/mol. The molecule has 31 heavy (non-hydrogen) atoms. The number of rotatable bonds is 7. The van der Waals surface area contributed by atoms with Crippen LogP contribution in [0.4, 0.5) is 5.69 Å². The molecule has 6 atom stereocenters. The van der Waals surface area contributed by atoms with E-state index >= 15 is 0 Å². The minimum absolute atomic E-state index is 0.00559. The van der Waals surface area contributed by atoms with Crippen molar-refractivity contribution < 1.29 is 14.4 Å². The second-order valence-corrected chi connectivity index (χ2v) is 10.5. The average Bonchev–Trinajstić information content (AvgIpc) is 3.54. The van der Waals surface area contributed by atoms with Gasteiger partial charge in [-0.2, -0.15) is 0 Å². The Kier molecular flexibility index (Phi) is 5.32. The van der Waals surface area contributed by atoms with Crippen molar-refractivity contribution in [2.75, 3.05) is 11.9 Å². The molecule has 1 N–H and O–H groups in total. The molecule has 0 aromatic heterocycles. The molecule has 1 aliphatic heterocycles. The van der Waals surface area contributed by atoms with Gasteiger partial charge < -0.3 is 5.32 Å². The summed E-state index contributed by atoms with van der Waals surface area (Å²) in [6.07, 6.45) is 8.39. The van der Waals surface area contributed by atoms with Crippen molar-refractivity contribution in [3.05, 3.63) is 39.9 Å². The SMILES string of the molecule is Cc1c(Br)ccc(NC(=O)CCCCCN2C(=O)C3C4C=CC(C5CC45)C3C2=O)c1C. The van der Waals surface area contributed by atoms with Crippen molar-refractivity contribution in [2.45, 2.75) is 46.0 Å². The molecule has 1 heterocycles. The molecular formula is C25H29BrN2O3. The number of allylic oxidation sites excluding steroid dienone is 2. The van der Waals surface area contributed by atoms with Crippen LogP contribution in [-0.2, 0) is 14.4 Å². The zero-order valence-corrected chi connectivity index (χ0v) is 19.7. The fraction of sp³-hybridized carbons (Fsp3) is 0.560. The summed E-state index contributed by atoms with van der Waals surface area (Å²) in [5, 5.41) is 3.00. The normalized spacial score (nSPS) is 32.3. The van der Waals surface area contributed by atoms with Gasteiger partial charge in [0.15, 0.2) is 0 Å². The van der Waals surface area contributed by atoms with Gasteiger partial charge in [0.2, 0.25) is 17.7 Å². The summed E-state index contributed by atoms with van der Waals surface area (Å²) in [6.45, 7) is 4.52. The molecule has 0 radical (unpaired) electrons. The lowest BCUT2D eigenvalue weighted by molar-refractivity contribution is -0.140. The lowest BCUT2D eigenvalue weighted by atomic mass is 9.63. The molecule has 6 rings (SSSR count). The van der Waals surface area contributed by atoms with Crippen LogP contribution in [0.15, 0.2) is 28.8 Å². The van der Waals surface area contributed by atoms with Crippen molar-refractivity contribution >= 4 is 39.3 Å². The molecule has 1 saturated heterocycles. The molecule has 2 saturated carbocycles. The first-order valence-electron chi connectivity index (χ1n) is 11.5. The van der Waals surface area contributed by atoms with Gasteiger partial charge in [-0.1, -0.05) is 34.5 Å². The van der Waals surface area contributed by atoms with Crippen LogP contribution in [0.5, 0.6) is 0 Å². The highest BCUT2D eigenvalue weighted by Crippen LogP contribution is 2.65. The van der Waals surface area contributed by atoms with E-state index in [0.29, 0.717) is 24.8 Å². The molecule has 4 aliphatic carbocycles. The Morgan fingerprint density at radius 3 is 2.29 bits per heavy atom. The van der Waals surface area contributed by atoms with Crippen molar-refractivity contribution in [1.29, 1.82) is 0 Å². The van der Waals surface area contributed by atoms with Gasteiger partial charge in [-0.25, -0.2) is 0 Å². The number of anilines is 1. The van der Waals surface area contributed by atoms with Gasteiger partial charge in [-0.15, -0.1) is 0 Å². The summed E-state index contributed by atoms with van der Waals surface area (Å²) in [7, 11) is 0. The number of carbonyl (C=O) groups is 3. The average molecular weight is 485 g/mol. The largest absolute Gasteiger partial charge is 0.326 e. The summed E-state index contributed by atoms with van der Waals surface area (Å²) in [6, 6.07) is 3.87. The smallest absolute Gasteiger partial charge is 0.233 e. The molecule has 5 nitrogen and oxygen atoms in total. The summed E-state index contributed by atoms with van der Waals surface area (Å²) in [4.78, 5) is 39.8. The second kappa shape index (κ2) is 7.88. The molecule has 1 aromatic carbocycles. The van der Waals surface area contributed by atoms with Crippen LogP contribution < -0.4 is 5.32 Å². The Hall–Kier alpha value is -1.95. The van der Waals surface area contributed by atoms with Crippen molar-refractivity contribution in [3.8, 4) is 0 Å². The Labute approximate surface area is 191 Å². The van der Waals surface area contributed by atoms with Crippen LogP contribution >= 0.6 is 15.9 Å². The van der Waals surface area contributed by atoms with Gasteiger partial charge in [-0.3, -0.25) is 19.3 Å². The Morgan fingerprint density at radius 1 is 1.00 bits per heavy atom. The van der Waals surface area contributed by atoms with Crippen molar-refractivity contribution in [3.63, 3.8) is 0 Å². The van der Waals surface area contributed by atoms with Crippen LogP contribution in [0.25, 0.3) is 0 Å². The molecule has 2 bridgehead atoms. The third kappa shape index (κ3) is 3.47. The summed E-state index contributed by atoms with van der Waals surface area (Å²) in [5.41, 5.74) is 3.04. The summed E-state index contributed by atoms with van der Waals surface area (Å²) < 4.78 is 1.04. The monoisotopic (exact) mass is 484 g/mol. The molecule has 6 unspecified atom stereocenters. The lowest BCUT2D eigenvalue weighted by Crippen LogP contribution is -2.40. The van der Waals surface area contributed by atoms with E-state index in [9.17, 15) is 14.4 Å². The maximum absolute atomic E-state index is 13.0. The molecule has 5 aliphatic rings. The highest BCUT2D eigenvalue weighted by atomic mass is 79.9. The topological polar surface area (TPSA) is 66.5 Å². The van der Waals surface area contributed by atoms with E-state index < -0.39 is 0 Å². The molecule has 0 spiro atoms. The summed E-state index contributed by atoms with van der Waals surface area (Å²) in [5.74, 6) is 1.77.